The highest BCUT2D eigenvalue weighted by atomic mass is 31.1. The molecule has 6 aromatic carbocycles. The van der Waals surface area contributed by atoms with Gasteiger partial charge in [0.1, 0.15) is 11.5 Å². The maximum absolute atomic E-state index is 6.48. The standard InChI is InChI=1S/C54H64O2P2/c1-51(2,3)37-31-38(52(4,5)6)34-43(33-37)58(44-35-39(53(7,8)9)32-40(36-44)54(10,11)12)48-30-22-28-46(56-14)50(48)49-45(55-13)27-21-29-47(49)57(41-23-17-15-18-24-41)42-25-19-16-20-26-42/h15-36H,1-14H3. The zero-order chi connectivity index (χ0) is 42.2. The molecule has 0 atom stereocenters. The molecule has 4 heteroatoms. The minimum absolute atomic E-state index is 0.0466. The second kappa shape index (κ2) is 16.8. The van der Waals surface area contributed by atoms with Crippen LogP contribution >= 0.6 is 15.8 Å². The molecule has 0 N–H and O–H groups in total. The van der Waals surface area contributed by atoms with Crippen LogP contribution in [0.15, 0.2) is 133 Å². The third kappa shape index (κ3) is 9.31. The lowest BCUT2D eigenvalue weighted by atomic mass is 9.81. The van der Waals surface area contributed by atoms with Crippen molar-refractivity contribution >= 4 is 47.7 Å². The number of benzene rings is 6. The van der Waals surface area contributed by atoms with Crippen molar-refractivity contribution in [2.45, 2.75) is 105 Å². The molecule has 58 heavy (non-hydrogen) atoms. The van der Waals surface area contributed by atoms with Crippen LogP contribution in [-0.2, 0) is 21.7 Å². The average molecular weight is 807 g/mol. The normalized spacial score (nSPS) is 12.6. The first-order valence-corrected chi connectivity index (χ1v) is 23.3. The lowest BCUT2D eigenvalue weighted by Gasteiger charge is -2.32. The summed E-state index contributed by atoms with van der Waals surface area (Å²) in [6.07, 6.45) is 0. The van der Waals surface area contributed by atoms with Crippen LogP contribution in [0, 0.1) is 0 Å². The third-order valence-electron chi connectivity index (χ3n) is 11.0. The minimum atomic E-state index is -1.15. The largest absolute Gasteiger partial charge is 0.496 e. The summed E-state index contributed by atoms with van der Waals surface area (Å²) in [6, 6.07) is 50.2. The van der Waals surface area contributed by atoms with E-state index in [1.807, 2.05) is 7.11 Å². The topological polar surface area (TPSA) is 18.5 Å². The number of rotatable bonds is 9. The Bertz CT molecular complexity index is 2170. The van der Waals surface area contributed by atoms with Crippen LogP contribution in [0.2, 0.25) is 0 Å². The van der Waals surface area contributed by atoms with Gasteiger partial charge in [-0.1, -0.05) is 204 Å². The van der Waals surface area contributed by atoms with E-state index in [0.29, 0.717) is 0 Å². The van der Waals surface area contributed by atoms with Crippen molar-refractivity contribution in [2.24, 2.45) is 0 Å². The molecule has 0 bridgehead atoms. The van der Waals surface area contributed by atoms with Gasteiger partial charge in [0.15, 0.2) is 0 Å². The second-order valence-corrected chi connectivity index (χ2v) is 24.0. The lowest BCUT2D eigenvalue weighted by molar-refractivity contribution is 0.411. The molecule has 0 fully saturated rings. The molecular weight excluding hydrogens is 743 g/mol. The average Bonchev–Trinajstić information content (AvgIpc) is 3.17. The quantitative estimate of drug-likeness (QED) is 0.136. The van der Waals surface area contributed by atoms with Gasteiger partial charge in [0.25, 0.3) is 0 Å². The number of methoxy groups -OCH3 is 2. The fourth-order valence-electron chi connectivity index (χ4n) is 7.48. The van der Waals surface area contributed by atoms with Gasteiger partial charge in [-0.05, 0) is 104 Å². The molecule has 0 aliphatic heterocycles. The van der Waals surface area contributed by atoms with Crippen molar-refractivity contribution in [2.75, 3.05) is 14.2 Å². The summed E-state index contributed by atoms with van der Waals surface area (Å²) in [6.45, 7) is 28.1. The molecule has 0 aliphatic carbocycles. The summed E-state index contributed by atoms with van der Waals surface area (Å²) in [5.74, 6) is 1.69. The Morgan fingerprint density at radius 2 is 0.621 bits per heavy atom. The molecule has 0 aromatic heterocycles. The van der Waals surface area contributed by atoms with E-state index >= 15 is 0 Å². The van der Waals surface area contributed by atoms with E-state index in [9.17, 15) is 0 Å². The van der Waals surface area contributed by atoms with E-state index in [2.05, 4.69) is 217 Å². The predicted octanol–water partition coefficient (Wildman–Crippen LogP) is 12.1. The van der Waals surface area contributed by atoms with Crippen molar-refractivity contribution in [1.82, 2.24) is 0 Å². The van der Waals surface area contributed by atoms with E-state index < -0.39 is 15.8 Å². The Hall–Kier alpha value is -4.22. The summed E-state index contributed by atoms with van der Waals surface area (Å²) in [7, 11) is 1.48. The second-order valence-electron chi connectivity index (χ2n) is 19.6. The van der Waals surface area contributed by atoms with Crippen LogP contribution < -0.4 is 41.3 Å². The van der Waals surface area contributed by atoms with Crippen LogP contribution in [0.3, 0.4) is 0 Å². The lowest BCUT2D eigenvalue weighted by Crippen LogP contribution is -2.29. The summed E-state index contributed by atoms with van der Waals surface area (Å²) in [5.41, 5.74) is 7.41. The van der Waals surface area contributed by atoms with E-state index in [0.717, 1.165) is 22.6 Å². The highest BCUT2D eigenvalue weighted by Gasteiger charge is 2.33. The van der Waals surface area contributed by atoms with Gasteiger partial charge >= 0.3 is 0 Å². The first-order chi connectivity index (χ1) is 27.2. The molecule has 0 saturated carbocycles. The van der Waals surface area contributed by atoms with E-state index in [-0.39, 0.29) is 21.7 Å². The van der Waals surface area contributed by atoms with Gasteiger partial charge in [0.2, 0.25) is 0 Å². The molecule has 0 saturated heterocycles. The zero-order valence-electron chi connectivity index (χ0n) is 37.4. The van der Waals surface area contributed by atoms with Crippen LogP contribution in [0.25, 0.3) is 11.1 Å². The number of ether oxygens (including phenoxy) is 2. The molecule has 0 heterocycles. The summed E-state index contributed by atoms with van der Waals surface area (Å²) in [4.78, 5) is 0. The summed E-state index contributed by atoms with van der Waals surface area (Å²) < 4.78 is 12.9. The van der Waals surface area contributed by atoms with E-state index in [1.54, 1.807) is 7.11 Å². The van der Waals surface area contributed by atoms with Gasteiger partial charge < -0.3 is 9.47 Å². The number of hydrogen-bond donors (Lipinski definition) is 0. The Labute approximate surface area is 353 Å². The van der Waals surface area contributed by atoms with Gasteiger partial charge in [-0.2, -0.15) is 0 Å². The molecule has 0 amide bonds. The summed E-state index contributed by atoms with van der Waals surface area (Å²) in [5, 5.41) is 7.77. The van der Waals surface area contributed by atoms with Gasteiger partial charge in [-0.3, -0.25) is 0 Å². The maximum Gasteiger partial charge on any atom is 0.127 e. The molecule has 0 aliphatic rings. The molecule has 302 valence electrons. The Kier molecular flexibility index (Phi) is 12.6. The van der Waals surface area contributed by atoms with Crippen molar-refractivity contribution in [1.29, 1.82) is 0 Å². The molecule has 6 rings (SSSR count). The zero-order valence-corrected chi connectivity index (χ0v) is 39.2. The highest BCUT2D eigenvalue weighted by Crippen LogP contribution is 2.48. The number of hydrogen-bond acceptors (Lipinski definition) is 2. The third-order valence-corrected chi connectivity index (χ3v) is 15.9. The van der Waals surface area contributed by atoms with Crippen LogP contribution in [0.5, 0.6) is 11.5 Å². The fraction of sp³-hybridized carbons (Fsp3) is 0.333. The van der Waals surface area contributed by atoms with E-state index in [1.165, 1.54) is 54.1 Å². The van der Waals surface area contributed by atoms with Crippen LogP contribution in [0.4, 0.5) is 0 Å². The van der Waals surface area contributed by atoms with Crippen molar-refractivity contribution < 1.29 is 9.47 Å². The van der Waals surface area contributed by atoms with Crippen molar-refractivity contribution in [3.8, 4) is 22.6 Å². The summed E-state index contributed by atoms with van der Waals surface area (Å²) >= 11 is 0. The van der Waals surface area contributed by atoms with Crippen LogP contribution in [0.1, 0.15) is 105 Å². The molecule has 6 aromatic rings. The smallest absolute Gasteiger partial charge is 0.127 e. The van der Waals surface area contributed by atoms with Gasteiger partial charge in [-0.25, -0.2) is 0 Å². The van der Waals surface area contributed by atoms with E-state index in [4.69, 9.17) is 9.47 Å². The Morgan fingerprint density at radius 1 is 0.328 bits per heavy atom. The SMILES string of the molecule is COc1cccc(P(c2ccccc2)c2ccccc2)c1-c1c(OC)cccc1P(c1cc(C(C)(C)C)cc(C(C)(C)C)c1)c1cc(C(C)(C)C)cc(C(C)(C)C)c1. The highest BCUT2D eigenvalue weighted by molar-refractivity contribution is 7.80. The van der Waals surface area contributed by atoms with Crippen molar-refractivity contribution in [3.63, 3.8) is 0 Å². The molecule has 0 radical (unpaired) electrons. The Balaban J connectivity index is 1.81. The predicted molar refractivity (Wildman–Crippen MR) is 257 cm³/mol. The van der Waals surface area contributed by atoms with Gasteiger partial charge in [0.05, 0.1) is 14.2 Å². The molecule has 0 unspecified atom stereocenters. The maximum atomic E-state index is 6.48. The first-order valence-electron chi connectivity index (χ1n) is 20.6. The molecular formula is C54H64O2P2. The minimum Gasteiger partial charge on any atom is -0.496 e. The van der Waals surface area contributed by atoms with Gasteiger partial charge in [0, 0.05) is 11.1 Å². The van der Waals surface area contributed by atoms with Crippen molar-refractivity contribution in [3.05, 3.63) is 156 Å². The monoisotopic (exact) mass is 806 g/mol. The first kappa shape index (κ1) is 43.4. The fourth-order valence-corrected chi connectivity index (χ4v) is 12.6. The van der Waals surface area contributed by atoms with Gasteiger partial charge in [-0.15, -0.1) is 0 Å². The van der Waals surface area contributed by atoms with Crippen LogP contribution in [-0.4, -0.2) is 14.2 Å². The Morgan fingerprint density at radius 3 is 0.897 bits per heavy atom. The molecule has 0 spiro atoms. The molecule has 2 nitrogen and oxygen atoms in total.